The van der Waals surface area contributed by atoms with E-state index in [0.717, 1.165) is 19.3 Å². The van der Waals surface area contributed by atoms with Crippen LogP contribution < -0.4 is 0 Å². The number of hydrogen-bond donors (Lipinski definition) is 1. The van der Waals surface area contributed by atoms with Gasteiger partial charge in [0.25, 0.3) is 0 Å². The molecule has 0 rings (SSSR count). The predicted molar refractivity (Wildman–Crippen MR) is 197 cm³/mol. The van der Waals surface area contributed by atoms with Crippen molar-refractivity contribution in [1.82, 2.24) is 0 Å². The molecule has 0 bridgehead atoms. The highest BCUT2D eigenvalue weighted by molar-refractivity contribution is 7.47. The Kier molecular flexibility index (Phi) is 33.5. The fraction of sp³-hybridized carbons (Fsp3) is 1.00. The molecule has 0 aliphatic rings. The van der Waals surface area contributed by atoms with Gasteiger partial charge in [-0.05, 0) is 12.8 Å². The molecule has 0 fully saturated rings. The molecule has 278 valence electrons. The summed E-state index contributed by atoms with van der Waals surface area (Å²) < 4.78 is 35.6. The third-order valence-electron chi connectivity index (χ3n) is 8.74. The summed E-state index contributed by atoms with van der Waals surface area (Å²) in [4.78, 5) is 10.2. The fourth-order valence-corrected chi connectivity index (χ4v) is 6.34. The van der Waals surface area contributed by atoms with Gasteiger partial charge in [-0.25, -0.2) is 4.57 Å². The van der Waals surface area contributed by atoms with Gasteiger partial charge >= 0.3 is 7.82 Å². The number of rotatable bonds is 38. The van der Waals surface area contributed by atoms with Gasteiger partial charge in [0.15, 0.2) is 0 Å². The van der Waals surface area contributed by atoms with E-state index in [2.05, 4.69) is 13.8 Å². The Balaban J connectivity index is 4.09. The SMILES string of the molecule is CCCCCCCCCCCCCCCCOCC(COP(=O)(O)OCC[N+](C)(C)C)OCCCCCCCCCCCCCC. The average Bonchev–Trinajstić information content (AvgIpc) is 3.00. The van der Waals surface area contributed by atoms with Gasteiger partial charge in [0, 0.05) is 13.2 Å². The predicted octanol–water partition coefficient (Wildman–Crippen LogP) is 11.4. The standard InChI is InChI=1S/C38H80NO6P/c1-6-8-10-12-14-16-18-20-21-22-24-26-28-30-33-42-36-38(37-45-46(40,41)44-35-32-39(3,4)5)43-34-31-29-27-25-23-19-17-15-13-11-9-7-2/h38H,6-37H2,1-5H3/p+1. The lowest BCUT2D eigenvalue weighted by Crippen LogP contribution is -2.37. The summed E-state index contributed by atoms with van der Waals surface area (Å²) >= 11 is 0. The third-order valence-corrected chi connectivity index (χ3v) is 9.72. The zero-order chi connectivity index (χ0) is 34.0. The maximum atomic E-state index is 12.4. The molecular weight excluding hydrogens is 597 g/mol. The van der Waals surface area contributed by atoms with Crippen LogP contribution in [0, 0.1) is 0 Å². The molecule has 0 spiro atoms. The first-order valence-corrected chi connectivity index (χ1v) is 21.3. The van der Waals surface area contributed by atoms with E-state index in [0.29, 0.717) is 30.8 Å². The van der Waals surface area contributed by atoms with Crippen molar-refractivity contribution < 1.29 is 32.5 Å². The largest absolute Gasteiger partial charge is 0.472 e. The molecule has 7 nitrogen and oxygen atoms in total. The Morgan fingerprint density at radius 3 is 1.26 bits per heavy atom. The summed E-state index contributed by atoms with van der Waals surface area (Å²) in [6.07, 6.45) is 33.9. The van der Waals surface area contributed by atoms with E-state index in [4.69, 9.17) is 18.5 Å². The van der Waals surface area contributed by atoms with Crippen LogP contribution in [0.4, 0.5) is 0 Å². The van der Waals surface area contributed by atoms with Crippen LogP contribution in [0.15, 0.2) is 0 Å². The number of ether oxygens (including phenoxy) is 2. The third kappa shape index (κ3) is 36.8. The first kappa shape index (κ1) is 46.0. The van der Waals surface area contributed by atoms with Gasteiger partial charge in [0.05, 0.1) is 34.4 Å². The molecule has 2 atom stereocenters. The van der Waals surface area contributed by atoms with Crippen LogP contribution >= 0.6 is 7.82 Å². The minimum Gasteiger partial charge on any atom is -0.379 e. The van der Waals surface area contributed by atoms with E-state index in [-0.39, 0.29) is 19.3 Å². The minimum atomic E-state index is -4.13. The smallest absolute Gasteiger partial charge is 0.379 e. The zero-order valence-electron chi connectivity index (χ0n) is 31.6. The topological polar surface area (TPSA) is 74.2 Å². The van der Waals surface area contributed by atoms with Crippen molar-refractivity contribution in [2.75, 3.05) is 60.7 Å². The minimum absolute atomic E-state index is 0.00481. The van der Waals surface area contributed by atoms with Crippen molar-refractivity contribution in [3.8, 4) is 0 Å². The van der Waals surface area contributed by atoms with Crippen LogP contribution in [0.2, 0.25) is 0 Å². The second-order valence-corrected chi connectivity index (χ2v) is 16.1. The molecule has 8 heteroatoms. The van der Waals surface area contributed by atoms with Crippen molar-refractivity contribution in [3.05, 3.63) is 0 Å². The van der Waals surface area contributed by atoms with Crippen LogP contribution in [0.1, 0.15) is 181 Å². The summed E-state index contributed by atoms with van der Waals surface area (Å²) in [6, 6.07) is 0. The summed E-state index contributed by atoms with van der Waals surface area (Å²) in [5.74, 6) is 0. The molecule has 0 aromatic heterocycles. The number of nitrogens with zero attached hydrogens (tertiary/aromatic N) is 1. The van der Waals surface area contributed by atoms with E-state index in [1.807, 2.05) is 21.1 Å². The molecule has 2 unspecified atom stereocenters. The number of likely N-dealkylation sites (N-methyl/N-ethyl adjacent to an activating group) is 1. The van der Waals surface area contributed by atoms with E-state index in [1.165, 1.54) is 148 Å². The number of phosphoric acid groups is 1. The number of unbranched alkanes of at least 4 members (excludes halogenated alkanes) is 24. The lowest BCUT2D eigenvalue weighted by molar-refractivity contribution is -0.870. The van der Waals surface area contributed by atoms with E-state index >= 15 is 0 Å². The van der Waals surface area contributed by atoms with E-state index in [9.17, 15) is 9.46 Å². The second kappa shape index (κ2) is 33.5. The molecule has 0 aliphatic carbocycles. The number of phosphoric ester groups is 1. The Labute approximate surface area is 287 Å². The van der Waals surface area contributed by atoms with Crippen LogP contribution in [-0.4, -0.2) is 76.2 Å². The highest BCUT2D eigenvalue weighted by Gasteiger charge is 2.25. The number of quaternary nitrogens is 1. The van der Waals surface area contributed by atoms with Gasteiger partial charge in [0.2, 0.25) is 0 Å². The molecule has 0 aromatic rings. The van der Waals surface area contributed by atoms with Crippen LogP contribution in [0.5, 0.6) is 0 Å². The fourth-order valence-electron chi connectivity index (χ4n) is 5.60. The molecule has 0 saturated carbocycles. The highest BCUT2D eigenvalue weighted by atomic mass is 31.2. The van der Waals surface area contributed by atoms with Crippen LogP contribution in [0.3, 0.4) is 0 Å². The molecule has 0 aromatic carbocycles. The van der Waals surface area contributed by atoms with Crippen LogP contribution in [0.25, 0.3) is 0 Å². The quantitative estimate of drug-likeness (QED) is 0.0398. The van der Waals surface area contributed by atoms with Gasteiger partial charge in [-0.1, -0.05) is 168 Å². The Hall–Kier alpha value is -0.0100. The van der Waals surface area contributed by atoms with Crippen molar-refractivity contribution in [2.45, 2.75) is 187 Å². The van der Waals surface area contributed by atoms with Crippen molar-refractivity contribution >= 4 is 7.82 Å². The molecule has 0 amide bonds. The Morgan fingerprint density at radius 1 is 0.500 bits per heavy atom. The first-order valence-electron chi connectivity index (χ1n) is 19.8. The summed E-state index contributed by atoms with van der Waals surface area (Å²) in [5.41, 5.74) is 0. The molecule has 0 saturated heterocycles. The summed E-state index contributed by atoms with van der Waals surface area (Å²) in [7, 11) is 1.92. The van der Waals surface area contributed by atoms with Gasteiger partial charge in [0.1, 0.15) is 19.3 Å². The molecule has 0 radical (unpaired) electrons. The average molecular weight is 679 g/mol. The molecular formula is C38H81NO6P+. The summed E-state index contributed by atoms with van der Waals surface area (Å²) in [5, 5.41) is 0. The Morgan fingerprint density at radius 2 is 0.870 bits per heavy atom. The van der Waals surface area contributed by atoms with E-state index in [1.54, 1.807) is 0 Å². The van der Waals surface area contributed by atoms with Gasteiger partial charge < -0.3 is 18.9 Å². The molecule has 0 heterocycles. The molecule has 0 aliphatic heterocycles. The maximum Gasteiger partial charge on any atom is 0.472 e. The van der Waals surface area contributed by atoms with Crippen molar-refractivity contribution in [3.63, 3.8) is 0 Å². The second-order valence-electron chi connectivity index (χ2n) is 14.7. The van der Waals surface area contributed by atoms with Gasteiger partial charge in [-0.15, -0.1) is 0 Å². The highest BCUT2D eigenvalue weighted by Crippen LogP contribution is 2.43. The molecule has 1 N–H and O–H groups in total. The van der Waals surface area contributed by atoms with Crippen LogP contribution in [-0.2, 0) is 23.1 Å². The zero-order valence-corrected chi connectivity index (χ0v) is 32.5. The van der Waals surface area contributed by atoms with Crippen molar-refractivity contribution in [2.24, 2.45) is 0 Å². The Bertz CT molecular complexity index is 660. The number of hydrogen-bond acceptors (Lipinski definition) is 5. The monoisotopic (exact) mass is 679 g/mol. The van der Waals surface area contributed by atoms with Gasteiger partial charge in [-0.2, -0.15) is 0 Å². The maximum absolute atomic E-state index is 12.4. The summed E-state index contributed by atoms with van der Waals surface area (Å²) in [6.45, 7) is 7.00. The lowest BCUT2D eigenvalue weighted by Gasteiger charge is -2.24. The lowest BCUT2D eigenvalue weighted by atomic mass is 10.0. The van der Waals surface area contributed by atoms with Crippen molar-refractivity contribution in [1.29, 1.82) is 0 Å². The normalized spacial score (nSPS) is 14.1. The van der Waals surface area contributed by atoms with E-state index < -0.39 is 7.82 Å². The van der Waals surface area contributed by atoms with Gasteiger partial charge in [-0.3, -0.25) is 9.05 Å². The first-order chi connectivity index (χ1) is 22.2. The molecule has 46 heavy (non-hydrogen) atoms.